The Hall–Kier alpha value is -0.940. The van der Waals surface area contributed by atoms with Gasteiger partial charge >= 0.3 is 12.3 Å². The Labute approximate surface area is 68.1 Å². The van der Waals surface area contributed by atoms with Gasteiger partial charge in [-0.05, 0) is 6.92 Å². The summed E-state index contributed by atoms with van der Waals surface area (Å²) in [6.07, 6.45) is -5.34. The Morgan fingerprint density at radius 1 is 1.50 bits per heavy atom. The number of nitrogens with zero attached hydrogens (tertiary/aromatic N) is 1. The molecule has 0 radical (unpaired) electrons. The van der Waals surface area contributed by atoms with E-state index in [2.05, 4.69) is 4.74 Å². The van der Waals surface area contributed by atoms with E-state index in [9.17, 15) is 18.0 Å². The monoisotopic (exact) mass is 185 g/mol. The van der Waals surface area contributed by atoms with Crippen LogP contribution in [-0.4, -0.2) is 37.4 Å². The third kappa shape index (κ3) is 4.81. The van der Waals surface area contributed by atoms with Crippen molar-refractivity contribution in [2.45, 2.75) is 13.1 Å². The Morgan fingerprint density at radius 2 is 2.00 bits per heavy atom. The second kappa shape index (κ2) is 4.18. The minimum absolute atomic E-state index is 0.0705. The van der Waals surface area contributed by atoms with Crippen LogP contribution in [0.4, 0.5) is 18.0 Å². The zero-order chi connectivity index (χ0) is 9.78. The van der Waals surface area contributed by atoms with E-state index in [-0.39, 0.29) is 6.61 Å². The number of amides is 1. The quantitative estimate of drug-likeness (QED) is 0.654. The van der Waals surface area contributed by atoms with E-state index < -0.39 is 18.8 Å². The van der Waals surface area contributed by atoms with Gasteiger partial charge in [0.1, 0.15) is 6.54 Å². The number of rotatable bonds is 2. The van der Waals surface area contributed by atoms with E-state index in [0.717, 1.165) is 7.05 Å². The zero-order valence-corrected chi connectivity index (χ0v) is 6.81. The molecule has 0 aliphatic heterocycles. The van der Waals surface area contributed by atoms with Gasteiger partial charge in [-0.25, -0.2) is 4.79 Å². The number of alkyl halides is 3. The first-order valence-corrected chi connectivity index (χ1v) is 3.31. The number of ether oxygens (including phenoxy) is 1. The second-order valence-electron chi connectivity index (χ2n) is 2.17. The summed E-state index contributed by atoms with van der Waals surface area (Å²) in [7, 11) is 1.03. The van der Waals surface area contributed by atoms with Crippen molar-refractivity contribution in [2.24, 2.45) is 0 Å². The first-order valence-electron chi connectivity index (χ1n) is 3.31. The molecule has 72 valence electrons. The van der Waals surface area contributed by atoms with Crippen LogP contribution in [0.3, 0.4) is 0 Å². The van der Waals surface area contributed by atoms with Crippen LogP contribution in [0.1, 0.15) is 6.92 Å². The normalized spacial score (nSPS) is 11.1. The lowest BCUT2D eigenvalue weighted by molar-refractivity contribution is -0.140. The van der Waals surface area contributed by atoms with Crippen molar-refractivity contribution in [3.05, 3.63) is 0 Å². The van der Waals surface area contributed by atoms with Crippen molar-refractivity contribution in [3.63, 3.8) is 0 Å². The van der Waals surface area contributed by atoms with Crippen molar-refractivity contribution in [1.29, 1.82) is 0 Å². The molecule has 6 heteroatoms. The molecule has 0 saturated heterocycles. The minimum atomic E-state index is -4.37. The zero-order valence-electron chi connectivity index (χ0n) is 6.81. The van der Waals surface area contributed by atoms with Gasteiger partial charge < -0.3 is 9.64 Å². The predicted molar refractivity (Wildman–Crippen MR) is 35.7 cm³/mol. The molecule has 0 aromatic heterocycles. The van der Waals surface area contributed by atoms with Gasteiger partial charge in [-0.15, -0.1) is 0 Å². The molecular formula is C6H10F3NO2. The maximum atomic E-state index is 11.7. The van der Waals surface area contributed by atoms with E-state index in [0.29, 0.717) is 4.90 Å². The van der Waals surface area contributed by atoms with E-state index in [1.165, 1.54) is 6.92 Å². The lowest BCUT2D eigenvalue weighted by Crippen LogP contribution is -2.36. The summed E-state index contributed by atoms with van der Waals surface area (Å²) in [5.41, 5.74) is 0. The molecule has 0 bridgehead atoms. The predicted octanol–water partition coefficient (Wildman–Crippen LogP) is 1.64. The number of halogens is 3. The summed E-state index contributed by atoms with van der Waals surface area (Å²) in [4.78, 5) is 11.1. The smallest absolute Gasteiger partial charge is 0.409 e. The third-order valence-corrected chi connectivity index (χ3v) is 0.996. The summed E-state index contributed by atoms with van der Waals surface area (Å²) in [6.45, 7) is 0.312. The van der Waals surface area contributed by atoms with Gasteiger partial charge in [-0.1, -0.05) is 0 Å². The molecule has 0 N–H and O–H groups in total. The van der Waals surface area contributed by atoms with Crippen molar-refractivity contribution < 1.29 is 22.7 Å². The molecule has 0 aliphatic rings. The minimum Gasteiger partial charge on any atom is -0.450 e. The molecule has 0 atom stereocenters. The number of carbonyl (C=O) groups is 1. The first kappa shape index (κ1) is 11.1. The van der Waals surface area contributed by atoms with Gasteiger partial charge in [0.25, 0.3) is 0 Å². The highest BCUT2D eigenvalue weighted by Crippen LogP contribution is 2.15. The Bertz CT molecular complexity index is 157. The van der Waals surface area contributed by atoms with E-state index in [1.807, 2.05) is 0 Å². The maximum Gasteiger partial charge on any atom is 0.409 e. The van der Waals surface area contributed by atoms with Crippen LogP contribution in [0.25, 0.3) is 0 Å². The van der Waals surface area contributed by atoms with Gasteiger partial charge in [-0.3, -0.25) is 0 Å². The van der Waals surface area contributed by atoms with Crippen molar-refractivity contribution in [2.75, 3.05) is 20.2 Å². The molecular weight excluding hydrogens is 175 g/mol. The molecule has 0 unspecified atom stereocenters. The van der Waals surface area contributed by atoms with Crippen molar-refractivity contribution in [3.8, 4) is 0 Å². The standard InChI is InChI=1S/C6H10F3NO2/c1-3-12-5(11)10(2)4-6(7,8)9/h3-4H2,1-2H3. The van der Waals surface area contributed by atoms with Crippen molar-refractivity contribution >= 4 is 6.09 Å². The largest absolute Gasteiger partial charge is 0.450 e. The summed E-state index contributed by atoms with van der Waals surface area (Å²) in [6, 6.07) is 0. The van der Waals surface area contributed by atoms with Gasteiger partial charge in [0.15, 0.2) is 0 Å². The van der Waals surface area contributed by atoms with E-state index in [4.69, 9.17) is 0 Å². The number of hydrogen-bond acceptors (Lipinski definition) is 2. The molecule has 0 rings (SSSR count). The lowest BCUT2D eigenvalue weighted by Gasteiger charge is -2.17. The molecule has 3 nitrogen and oxygen atoms in total. The first-order chi connectivity index (χ1) is 5.37. The third-order valence-electron chi connectivity index (χ3n) is 0.996. The molecule has 12 heavy (non-hydrogen) atoms. The highest BCUT2D eigenvalue weighted by atomic mass is 19.4. The average Bonchev–Trinajstić information content (AvgIpc) is 1.84. The van der Waals surface area contributed by atoms with Crippen LogP contribution in [0.5, 0.6) is 0 Å². The SMILES string of the molecule is CCOC(=O)N(C)CC(F)(F)F. The van der Waals surface area contributed by atoms with Crippen LogP contribution < -0.4 is 0 Å². The molecule has 0 saturated carbocycles. The number of hydrogen-bond donors (Lipinski definition) is 0. The molecule has 0 aromatic carbocycles. The lowest BCUT2D eigenvalue weighted by atomic mass is 10.6. The Morgan fingerprint density at radius 3 is 2.33 bits per heavy atom. The van der Waals surface area contributed by atoms with Crippen LogP contribution >= 0.6 is 0 Å². The number of carbonyl (C=O) groups excluding carboxylic acids is 1. The topological polar surface area (TPSA) is 29.5 Å². The molecule has 0 fully saturated rings. The summed E-state index contributed by atoms with van der Waals surface area (Å²) in [5.74, 6) is 0. The summed E-state index contributed by atoms with van der Waals surface area (Å²) < 4.78 is 39.3. The van der Waals surface area contributed by atoms with Gasteiger partial charge in [0, 0.05) is 7.05 Å². The summed E-state index contributed by atoms with van der Waals surface area (Å²) in [5, 5.41) is 0. The fraction of sp³-hybridized carbons (Fsp3) is 0.833. The maximum absolute atomic E-state index is 11.7. The van der Waals surface area contributed by atoms with Crippen LogP contribution in [-0.2, 0) is 4.74 Å². The molecule has 1 amide bonds. The molecule has 0 heterocycles. The van der Waals surface area contributed by atoms with Gasteiger partial charge in [0.2, 0.25) is 0 Å². The van der Waals surface area contributed by atoms with E-state index >= 15 is 0 Å². The average molecular weight is 185 g/mol. The molecule has 0 aromatic rings. The van der Waals surface area contributed by atoms with Crippen LogP contribution in [0.2, 0.25) is 0 Å². The van der Waals surface area contributed by atoms with Crippen LogP contribution in [0.15, 0.2) is 0 Å². The second-order valence-corrected chi connectivity index (χ2v) is 2.17. The highest BCUT2D eigenvalue weighted by molar-refractivity contribution is 5.67. The fourth-order valence-corrected chi connectivity index (χ4v) is 0.567. The van der Waals surface area contributed by atoms with Gasteiger partial charge in [0.05, 0.1) is 6.61 Å². The molecule has 0 spiro atoms. The van der Waals surface area contributed by atoms with Crippen molar-refractivity contribution in [1.82, 2.24) is 4.90 Å². The van der Waals surface area contributed by atoms with E-state index in [1.54, 1.807) is 0 Å². The summed E-state index contributed by atoms with van der Waals surface area (Å²) >= 11 is 0. The molecule has 0 aliphatic carbocycles. The van der Waals surface area contributed by atoms with Crippen LogP contribution in [0, 0.1) is 0 Å². The highest BCUT2D eigenvalue weighted by Gasteiger charge is 2.31. The Balaban J connectivity index is 3.87. The Kier molecular flexibility index (Phi) is 3.85. The fourth-order valence-electron chi connectivity index (χ4n) is 0.567. The van der Waals surface area contributed by atoms with Gasteiger partial charge in [-0.2, -0.15) is 13.2 Å².